The van der Waals surface area contributed by atoms with E-state index in [1.807, 2.05) is 6.92 Å². The fourth-order valence-corrected chi connectivity index (χ4v) is 2.32. The van der Waals surface area contributed by atoms with Gasteiger partial charge in [0.25, 0.3) is 5.89 Å². The topological polar surface area (TPSA) is 105 Å². The Morgan fingerprint density at radius 3 is 2.96 bits per heavy atom. The lowest BCUT2D eigenvalue weighted by Crippen LogP contribution is -2.19. The van der Waals surface area contributed by atoms with Crippen molar-refractivity contribution in [2.45, 2.75) is 13.5 Å². The molecule has 1 aromatic carbocycles. The predicted octanol–water partition coefficient (Wildman–Crippen LogP) is 1.57. The van der Waals surface area contributed by atoms with Crippen LogP contribution in [0.1, 0.15) is 11.4 Å². The quantitative estimate of drug-likeness (QED) is 0.554. The van der Waals surface area contributed by atoms with Gasteiger partial charge >= 0.3 is 5.76 Å². The minimum absolute atomic E-state index is 0.0377. The van der Waals surface area contributed by atoms with Gasteiger partial charge in [-0.05, 0) is 47.2 Å². The maximum atomic E-state index is 14.1. The Kier molecular flexibility index (Phi) is 3.49. The van der Waals surface area contributed by atoms with Crippen molar-refractivity contribution in [1.82, 2.24) is 30.0 Å². The molecule has 3 aromatic heterocycles. The molecule has 10 heteroatoms. The highest BCUT2D eigenvalue weighted by Gasteiger charge is 2.17. The first-order valence-corrected chi connectivity index (χ1v) is 7.27. The SMILES string of the molecule is Cc1ccc(F)c(-n2nnnc2Cn2nc(-c3ccco3)oc2=O)c1. The van der Waals surface area contributed by atoms with Gasteiger partial charge in [-0.1, -0.05) is 6.07 Å². The Labute approximate surface area is 139 Å². The molecule has 126 valence electrons. The Bertz CT molecular complexity index is 1080. The van der Waals surface area contributed by atoms with Crippen LogP contribution in [0.4, 0.5) is 4.39 Å². The molecule has 25 heavy (non-hydrogen) atoms. The number of aromatic nitrogens is 6. The summed E-state index contributed by atoms with van der Waals surface area (Å²) in [4.78, 5) is 12.0. The first-order valence-electron chi connectivity index (χ1n) is 7.27. The third-order valence-corrected chi connectivity index (χ3v) is 3.49. The normalized spacial score (nSPS) is 11.1. The number of nitrogens with zero attached hydrogens (tertiary/aromatic N) is 6. The van der Waals surface area contributed by atoms with E-state index >= 15 is 0 Å². The summed E-state index contributed by atoms with van der Waals surface area (Å²) in [6.07, 6.45) is 1.44. The fraction of sp³-hybridized carbons (Fsp3) is 0.133. The maximum Gasteiger partial charge on any atom is 0.437 e. The minimum atomic E-state index is -0.703. The fourth-order valence-electron chi connectivity index (χ4n) is 2.32. The van der Waals surface area contributed by atoms with Gasteiger partial charge < -0.3 is 8.83 Å². The molecule has 9 nitrogen and oxygen atoms in total. The molecule has 0 amide bonds. The van der Waals surface area contributed by atoms with Crippen molar-refractivity contribution in [3.8, 4) is 17.3 Å². The van der Waals surface area contributed by atoms with E-state index in [4.69, 9.17) is 8.83 Å². The van der Waals surface area contributed by atoms with Gasteiger partial charge in [-0.15, -0.1) is 10.2 Å². The van der Waals surface area contributed by atoms with Gasteiger partial charge in [-0.25, -0.2) is 9.18 Å². The van der Waals surface area contributed by atoms with Crippen LogP contribution in [0.25, 0.3) is 17.3 Å². The lowest BCUT2D eigenvalue weighted by atomic mass is 10.2. The van der Waals surface area contributed by atoms with Gasteiger partial charge in [0.05, 0.1) is 6.26 Å². The Hall–Kier alpha value is -3.56. The Morgan fingerprint density at radius 2 is 2.16 bits per heavy atom. The van der Waals surface area contributed by atoms with E-state index in [0.29, 0.717) is 5.76 Å². The monoisotopic (exact) mass is 342 g/mol. The van der Waals surface area contributed by atoms with E-state index in [9.17, 15) is 9.18 Å². The van der Waals surface area contributed by atoms with Crippen molar-refractivity contribution in [2.75, 3.05) is 0 Å². The summed E-state index contributed by atoms with van der Waals surface area (Å²) in [6.45, 7) is 1.73. The molecule has 3 heterocycles. The lowest BCUT2D eigenvalue weighted by Gasteiger charge is -2.06. The third kappa shape index (κ3) is 2.73. The lowest BCUT2D eigenvalue weighted by molar-refractivity contribution is 0.473. The molecule has 0 aliphatic heterocycles. The number of tetrazole rings is 1. The van der Waals surface area contributed by atoms with Crippen LogP contribution in [0.3, 0.4) is 0 Å². The van der Waals surface area contributed by atoms with Crippen molar-refractivity contribution in [2.24, 2.45) is 0 Å². The summed E-state index contributed by atoms with van der Waals surface area (Å²) >= 11 is 0. The molecule has 0 atom stereocenters. The molecule has 0 fully saturated rings. The van der Waals surface area contributed by atoms with Gasteiger partial charge in [-0.3, -0.25) is 0 Å². The highest BCUT2D eigenvalue weighted by Crippen LogP contribution is 2.17. The Morgan fingerprint density at radius 1 is 1.28 bits per heavy atom. The molecule has 0 aliphatic carbocycles. The molecular weight excluding hydrogens is 331 g/mol. The summed E-state index contributed by atoms with van der Waals surface area (Å²) in [6, 6.07) is 7.83. The van der Waals surface area contributed by atoms with Crippen LogP contribution in [0.2, 0.25) is 0 Å². The predicted molar refractivity (Wildman–Crippen MR) is 81.4 cm³/mol. The second-order valence-electron chi connectivity index (χ2n) is 5.27. The van der Waals surface area contributed by atoms with Crippen LogP contribution in [-0.4, -0.2) is 30.0 Å². The summed E-state index contributed by atoms with van der Waals surface area (Å²) < 4.78 is 26.5. The highest BCUT2D eigenvalue weighted by atomic mass is 19.1. The molecule has 0 unspecified atom stereocenters. The molecule has 4 rings (SSSR count). The molecule has 0 aliphatic rings. The summed E-state index contributed by atoms with van der Waals surface area (Å²) in [5.41, 5.74) is 1.03. The second kappa shape index (κ2) is 5.82. The van der Waals surface area contributed by atoms with E-state index in [1.165, 1.54) is 17.0 Å². The number of hydrogen-bond donors (Lipinski definition) is 0. The maximum absolute atomic E-state index is 14.1. The van der Waals surface area contributed by atoms with Crippen LogP contribution >= 0.6 is 0 Å². The van der Waals surface area contributed by atoms with E-state index < -0.39 is 11.6 Å². The zero-order valence-electron chi connectivity index (χ0n) is 13.0. The van der Waals surface area contributed by atoms with Crippen molar-refractivity contribution >= 4 is 0 Å². The molecule has 0 saturated carbocycles. The van der Waals surface area contributed by atoms with Crippen LogP contribution in [-0.2, 0) is 6.54 Å². The van der Waals surface area contributed by atoms with Gasteiger partial charge in [-0.2, -0.15) is 9.36 Å². The van der Waals surface area contributed by atoms with Crippen molar-refractivity contribution in [3.63, 3.8) is 0 Å². The zero-order chi connectivity index (χ0) is 17.4. The molecule has 0 radical (unpaired) electrons. The highest BCUT2D eigenvalue weighted by molar-refractivity contribution is 5.42. The number of furan rings is 1. The number of benzene rings is 1. The molecular formula is C15H11FN6O3. The molecule has 0 spiro atoms. The minimum Gasteiger partial charge on any atom is -0.459 e. The van der Waals surface area contributed by atoms with Crippen molar-refractivity contribution in [1.29, 1.82) is 0 Å². The average Bonchev–Trinajstić information content (AvgIpc) is 3.32. The number of rotatable bonds is 4. The first-order chi connectivity index (χ1) is 12.1. The van der Waals surface area contributed by atoms with Gasteiger partial charge in [0.1, 0.15) is 18.0 Å². The van der Waals surface area contributed by atoms with Crippen LogP contribution in [0, 0.1) is 12.7 Å². The van der Waals surface area contributed by atoms with E-state index in [1.54, 1.807) is 24.3 Å². The van der Waals surface area contributed by atoms with Crippen molar-refractivity contribution in [3.05, 3.63) is 64.4 Å². The number of halogens is 1. The summed E-state index contributed by atoms with van der Waals surface area (Å²) in [5.74, 6) is -0.601. The van der Waals surface area contributed by atoms with Gasteiger partial charge in [0.15, 0.2) is 11.6 Å². The number of aryl methyl sites for hydroxylation is 1. The van der Waals surface area contributed by atoms with E-state index in [0.717, 1.165) is 10.2 Å². The Balaban J connectivity index is 1.71. The van der Waals surface area contributed by atoms with Crippen LogP contribution in [0.5, 0.6) is 0 Å². The van der Waals surface area contributed by atoms with Crippen LogP contribution in [0.15, 0.2) is 50.2 Å². The molecule has 0 bridgehead atoms. The largest absolute Gasteiger partial charge is 0.459 e. The van der Waals surface area contributed by atoms with Gasteiger partial charge in [0.2, 0.25) is 0 Å². The van der Waals surface area contributed by atoms with E-state index in [2.05, 4.69) is 20.6 Å². The summed E-state index contributed by atoms with van der Waals surface area (Å²) in [7, 11) is 0. The van der Waals surface area contributed by atoms with Crippen LogP contribution < -0.4 is 5.76 Å². The van der Waals surface area contributed by atoms with E-state index in [-0.39, 0.29) is 23.9 Å². The third-order valence-electron chi connectivity index (χ3n) is 3.49. The summed E-state index contributed by atoms with van der Waals surface area (Å²) in [5, 5.41) is 15.2. The molecule has 0 N–H and O–H groups in total. The average molecular weight is 342 g/mol. The standard InChI is InChI=1S/C15H11FN6O3/c1-9-4-5-10(16)11(7-9)22-13(17-19-20-22)8-21-15(23)25-14(18-21)12-3-2-6-24-12/h2-7H,8H2,1H3. The molecule has 4 aromatic rings. The van der Waals surface area contributed by atoms with Crippen molar-refractivity contribution < 1.29 is 13.2 Å². The first kappa shape index (κ1) is 15.0. The zero-order valence-corrected chi connectivity index (χ0v) is 13.0. The molecule has 0 saturated heterocycles. The number of hydrogen-bond acceptors (Lipinski definition) is 7. The second-order valence-corrected chi connectivity index (χ2v) is 5.27. The smallest absolute Gasteiger partial charge is 0.437 e. The van der Waals surface area contributed by atoms with Gasteiger partial charge in [0, 0.05) is 0 Å².